The van der Waals surface area contributed by atoms with Gasteiger partial charge in [-0.3, -0.25) is 8.75 Å². The molecule has 0 radical (unpaired) electrons. The van der Waals surface area contributed by atoms with Crippen molar-refractivity contribution in [2.24, 2.45) is 7.05 Å². The predicted octanol–water partition coefficient (Wildman–Crippen LogP) is 1.18. The van der Waals surface area contributed by atoms with Gasteiger partial charge in [-0.05, 0) is 18.2 Å². The minimum absolute atomic E-state index is 0.0509. The van der Waals surface area contributed by atoms with E-state index in [-0.39, 0.29) is 5.56 Å². The van der Waals surface area contributed by atoms with Crippen LogP contribution >= 0.6 is 11.5 Å². The summed E-state index contributed by atoms with van der Waals surface area (Å²) >= 11 is 1.42. The number of anilines is 1. The van der Waals surface area contributed by atoms with Crippen molar-refractivity contribution in [3.05, 3.63) is 28.6 Å². The maximum atomic E-state index is 11.4. The fourth-order valence-electron chi connectivity index (χ4n) is 1.15. The molecule has 0 unspecified atom stereocenters. The molecule has 0 aliphatic heterocycles. The van der Waals surface area contributed by atoms with Gasteiger partial charge >= 0.3 is 0 Å². The van der Waals surface area contributed by atoms with Crippen LogP contribution in [-0.2, 0) is 7.05 Å². The van der Waals surface area contributed by atoms with Crippen molar-refractivity contribution < 1.29 is 0 Å². The van der Waals surface area contributed by atoms with Crippen LogP contribution in [-0.4, -0.2) is 3.96 Å². The fraction of sp³-hybridized carbons (Fsp3) is 0.125. The third kappa shape index (κ3) is 0.921. The van der Waals surface area contributed by atoms with E-state index in [1.807, 2.05) is 6.07 Å². The van der Waals surface area contributed by atoms with E-state index >= 15 is 0 Å². The van der Waals surface area contributed by atoms with Gasteiger partial charge in [-0.2, -0.15) is 0 Å². The molecule has 1 heterocycles. The molecule has 0 atom stereocenters. The molecule has 0 fully saturated rings. The topological polar surface area (TPSA) is 48.0 Å². The minimum Gasteiger partial charge on any atom is -0.399 e. The molecule has 2 rings (SSSR count). The van der Waals surface area contributed by atoms with Crippen LogP contribution < -0.4 is 11.3 Å². The number of aryl methyl sites for hydroxylation is 1. The third-order valence-electron chi connectivity index (χ3n) is 1.76. The standard InChI is InChI=1S/C8H8N2OS/c1-10-8(11)6-3-2-5(9)4-7(6)12-10/h2-4H,9H2,1H3. The van der Waals surface area contributed by atoms with Crippen molar-refractivity contribution in [3.63, 3.8) is 0 Å². The Morgan fingerprint density at radius 2 is 2.25 bits per heavy atom. The summed E-state index contributed by atoms with van der Waals surface area (Å²) in [6.07, 6.45) is 0. The maximum absolute atomic E-state index is 11.4. The highest BCUT2D eigenvalue weighted by Crippen LogP contribution is 2.18. The fourth-order valence-corrected chi connectivity index (χ4v) is 2.07. The number of hydrogen-bond acceptors (Lipinski definition) is 3. The normalized spacial score (nSPS) is 10.8. The molecule has 4 heteroatoms. The molecule has 1 aromatic carbocycles. The van der Waals surface area contributed by atoms with Gasteiger partial charge in [0.2, 0.25) is 0 Å². The summed E-state index contributed by atoms with van der Waals surface area (Å²) in [6, 6.07) is 5.33. The zero-order valence-electron chi connectivity index (χ0n) is 6.57. The molecule has 3 nitrogen and oxygen atoms in total. The van der Waals surface area contributed by atoms with Crippen LogP contribution in [0.15, 0.2) is 23.0 Å². The van der Waals surface area contributed by atoms with Crippen LogP contribution in [0.4, 0.5) is 5.69 Å². The second-order valence-corrected chi connectivity index (χ2v) is 3.82. The van der Waals surface area contributed by atoms with Crippen molar-refractivity contribution in [2.75, 3.05) is 5.73 Å². The monoisotopic (exact) mass is 180 g/mol. The number of nitrogens with two attached hydrogens (primary N) is 1. The van der Waals surface area contributed by atoms with Gasteiger partial charge in [0, 0.05) is 12.7 Å². The minimum atomic E-state index is 0.0509. The summed E-state index contributed by atoms with van der Waals surface area (Å²) in [5.74, 6) is 0. The van der Waals surface area contributed by atoms with E-state index in [2.05, 4.69) is 0 Å². The zero-order valence-corrected chi connectivity index (χ0v) is 7.39. The number of aromatic nitrogens is 1. The Hall–Kier alpha value is -1.29. The molecule has 2 N–H and O–H groups in total. The van der Waals surface area contributed by atoms with E-state index in [1.54, 1.807) is 23.1 Å². The highest BCUT2D eigenvalue weighted by molar-refractivity contribution is 7.13. The molecule has 0 aliphatic rings. The smallest absolute Gasteiger partial charge is 0.268 e. The first-order valence-corrected chi connectivity index (χ1v) is 4.31. The van der Waals surface area contributed by atoms with Gasteiger partial charge in [-0.15, -0.1) is 0 Å². The SMILES string of the molecule is Cn1sc2cc(N)ccc2c1=O. The van der Waals surface area contributed by atoms with Crippen molar-refractivity contribution in [2.45, 2.75) is 0 Å². The molecule has 0 saturated carbocycles. The zero-order chi connectivity index (χ0) is 8.72. The Labute approximate surface area is 73.2 Å². The summed E-state index contributed by atoms with van der Waals surface area (Å²) in [5.41, 5.74) is 6.33. The molecule has 62 valence electrons. The molecule has 2 aromatic rings. The van der Waals surface area contributed by atoms with Crippen LogP contribution in [0.5, 0.6) is 0 Å². The second-order valence-electron chi connectivity index (χ2n) is 2.65. The predicted molar refractivity (Wildman–Crippen MR) is 51.5 cm³/mol. The molecule has 12 heavy (non-hydrogen) atoms. The van der Waals surface area contributed by atoms with Gasteiger partial charge in [-0.25, -0.2) is 0 Å². The lowest BCUT2D eigenvalue weighted by atomic mass is 10.2. The lowest BCUT2D eigenvalue weighted by Gasteiger charge is -1.88. The summed E-state index contributed by atoms with van der Waals surface area (Å²) in [7, 11) is 1.75. The average molecular weight is 180 g/mol. The quantitative estimate of drug-likeness (QED) is 0.619. The summed E-state index contributed by atoms with van der Waals surface area (Å²) in [4.78, 5) is 11.4. The van der Waals surface area contributed by atoms with Crippen molar-refractivity contribution in [3.8, 4) is 0 Å². The van der Waals surface area contributed by atoms with Gasteiger partial charge in [0.05, 0.1) is 10.1 Å². The van der Waals surface area contributed by atoms with Gasteiger partial charge in [0.25, 0.3) is 5.56 Å². The summed E-state index contributed by atoms with van der Waals surface area (Å²) in [5, 5.41) is 0.747. The molecular weight excluding hydrogens is 172 g/mol. The largest absolute Gasteiger partial charge is 0.399 e. The van der Waals surface area contributed by atoms with E-state index in [0.717, 1.165) is 10.1 Å². The molecule has 0 spiro atoms. The molecule has 0 aliphatic carbocycles. The summed E-state index contributed by atoms with van der Waals surface area (Å²) < 4.78 is 2.55. The Bertz CT molecular complexity index is 483. The molecule has 0 amide bonds. The first-order valence-electron chi connectivity index (χ1n) is 3.54. The Balaban J connectivity index is 2.97. The molecule has 0 bridgehead atoms. The van der Waals surface area contributed by atoms with Crippen molar-refractivity contribution in [1.82, 2.24) is 3.96 Å². The van der Waals surface area contributed by atoms with E-state index in [9.17, 15) is 4.79 Å². The lowest BCUT2D eigenvalue weighted by Crippen LogP contribution is -2.07. The number of rotatable bonds is 0. The lowest BCUT2D eigenvalue weighted by molar-refractivity contribution is 0.989. The number of fused-ring (bicyclic) bond motifs is 1. The van der Waals surface area contributed by atoms with Crippen LogP contribution in [0.2, 0.25) is 0 Å². The second kappa shape index (κ2) is 2.35. The van der Waals surface area contributed by atoms with Crippen LogP contribution in [0, 0.1) is 0 Å². The average Bonchev–Trinajstić information content (AvgIpc) is 2.28. The van der Waals surface area contributed by atoms with Crippen LogP contribution in [0.3, 0.4) is 0 Å². The Kier molecular flexibility index (Phi) is 1.44. The molecular formula is C8H8N2OS. The number of nitrogens with zero attached hydrogens (tertiary/aromatic N) is 1. The number of benzene rings is 1. The Morgan fingerprint density at radius 3 is 3.00 bits per heavy atom. The Morgan fingerprint density at radius 1 is 1.50 bits per heavy atom. The molecule has 0 saturated heterocycles. The third-order valence-corrected chi connectivity index (χ3v) is 2.73. The highest BCUT2D eigenvalue weighted by atomic mass is 32.1. The number of hydrogen-bond donors (Lipinski definition) is 1. The van der Waals surface area contributed by atoms with Crippen LogP contribution in [0.25, 0.3) is 10.1 Å². The van der Waals surface area contributed by atoms with Gasteiger partial charge in [0.1, 0.15) is 0 Å². The maximum Gasteiger partial charge on any atom is 0.268 e. The van der Waals surface area contributed by atoms with Crippen molar-refractivity contribution >= 4 is 27.3 Å². The highest BCUT2D eigenvalue weighted by Gasteiger charge is 2.03. The van der Waals surface area contributed by atoms with E-state index in [0.29, 0.717) is 5.69 Å². The first-order chi connectivity index (χ1) is 5.68. The van der Waals surface area contributed by atoms with Crippen molar-refractivity contribution in [1.29, 1.82) is 0 Å². The van der Waals surface area contributed by atoms with Gasteiger partial charge in [-0.1, -0.05) is 11.5 Å². The summed E-state index contributed by atoms with van der Waals surface area (Å²) in [6.45, 7) is 0. The van der Waals surface area contributed by atoms with E-state index in [1.165, 1.54) is 11.5 Å². The number of nitrogen functional groups attached to an aromatic ring is 1. The van der Waals surface area contributed by atoms with Crippen LogP contribution in [0.1, 0.15) is 0 Å². The van der Waals surface area contributed by atoms with E-state index < -0.39 is 0 Å². The molecule has 1 aromatic heterocycles. The van der Waals surface area contributed by atoms with Gasteiger partial charge in [0.15, 0.2) is 0 Å². The van der Waals surface area contributed by atoms with E-state index in [4.69, 9.17) is 5.73 Å². The first kappa shape index (κ1) is 7.36. The van der Waals surface area contributed by atoms with Gasteiger partial charge < -0.3 is 5.73 Å².